The molecule has 0 radical (unpaired) electrons. The molecular formula is C16H16N2O2. The third kappa shape index (κ3) is 2.20. The maximum atomic E-state index is 8.78. The van der Waals surface area contributed by atoms with Crippen LogP contribution in [-0.4, -0.2) is 17.6 Å². The average Bonchev–Trinajstić information content (AvgIpc) is 2.48. The van der Waals surface area contributed by atoms with Gasteiger partial charge >= 0.3 is 0 Å². The second-order valence-corrected chi connectivity index (χ2v) is 4.89. The Labute approximate surface area is 117 Å². The molecule has 1 atom stereocenters. The summed E-state index contributed by atoms with van der Waals surface area (Å²) >= 11 is 0. The van der Waals surface area contributed by atoms with Gasteiger partial charge in [0.15, 0.2) is 5.84 Å². The van der Waals surface area contributed by atoms with Gasteiger partial charge in [0.05, 0.1) is 12.2 Å². The molecule has 102 valence electrons. The number of nitrogens with zero attached hydrogens (tertiary/aromatic N) is 1. The van der Waals surface area contributed by atoms with Crippen molar-refractivity contribution in [2.24, 2.45) is 10.9 Å². The molecule has 0 aliphatic heterocycles. The molecule has 3 rings (SSSR count). The van der Waals surface area contributed by atoms with E-state index >= 15 is 0 Å². The highest BCUT2D eigenvalue weighted by Gasteiger charge is 2.26. The molecule has 0 saturated carbocycles. The highest BCUT2D eigenvalue weighted by atomic mass is 16.5. The lowest BCUT2D eigenvalue weighted by atomic mass is 9.78. The van der Waals surface area contributed by atoms with Crippen molar-refractivity contribution in [2.75, 3.05) is 6.61 Å². The zero-order valence-electron chi connectivity index (χ0n) is 11.0. The standard InChI is InChI=1S/C16H16N2O2/c17-16(18-19)14-7-3-4-8-15(14)20-10-12-9-11-5-1-2-6-13(11)12/h1-8,12,19H,9-10H2,(H2,17,18). The number of rotatable bonds is 4. The first kappa shape index (κ1) is 12.5. The van der Waals surface area contributed by atoms with Gasteiger partial charge in [-0.1, -0.05) is 41.6 Å². The summed E-state index contributed by atoms with van der Waals surface area (Å²) in [5.74, 6) is 1.13. The van der Waals surface area contributed by atoms with E-state index in [1.165, 1.54) is 11.1 Å². The molecule has 1 aliphatic carbocycles. The predicted molar refractivity (Wildman–Crippen MR) is 77.3 cm³/mol. The first-order valence-electron chi connectivity index (χ1n) is 6.57. The molecule has 0 fully saturated rings. The van der Waals surface area contributed by atoms with E-state index in [0.717, 1.165) is 6.42 Å². The van der Waals surface area contributed by atoms with Crippen molar-refractivity contribution in [3.8, 4) is 5.75 Å². The molecule has 0 saturated heterocycles. The van der Waals surface area contributed by atoms with E-state index in [0.29, 0.717) is 23.8 Å². The van der Waals surface area contributed by atoms with Gasteiger partial charge in [-0.15, -0.1) is 0 Å². The molecular weight excluding hydrogens is 252 g/mol. The molecule has 1 aliphatic rings. The summed E-state index contributed by atoms with van der Waals surface area (Å²) in [5, 5.41) is 11.8. The Morgan fingerprint density at radius 1 is 1.20 bits per heavy atom. The molecule has 3 N–H and O–H groups in total. The molecule has 2 aromatic rings. The number of hydrogen-bond acceptors (Lipinski definition) is 3. The highest BCUT2D eigenvalue weighted by molar-refractivity contribution is 5.99. The van der Waals surface area contributed by atoms with E-state index in [-0.39, 0.29) is 5.84 Å². The number of nitrogens with two attached hydrogens (primary N) is 1. The summed E-state index contributed by atoms with van der Waals surface area (Å²) < 4.78 is 5.85. The number of fused-ring (bicyclic) bond motifs is 1. The van der Waals surface area contributed by atoms with Crippen molar-refractivity contribution in [2.45, 2.75) is 12.3 Å². The number of hydrogen-bond donors (Lipinski definition) is 2. The Hall–Kier alpha value is -2.49. The topological polar surface area (TPSA) is 67.8 Å². The number of oxime groups is 1. The van der Waals surface area contributed by atoms with Crippen molar-refractivity contribution >= 4 is 5.84 Å². The van der Waals surface area contributed by atoms with Crippen LogP contribution in [0.2, 0.25) is 0 Å². The summed E-state index contributed by atoms with van der Waals surface area (Å²) in [6.07, 6.45) is 1.04. The van der Waals surface area contributed by atoms with E-state index < -0.39 is 0 Å². The van der Waals surface area contributed by atoms with Crippen LogP contribution in [0.1, 0.15) is 22.6 Å². The first-order valence-corrected chi connectivity index (χ1v) is 6.57. The Morgan fingerprint density at radius 3 is 2.75 bits per heavy atom. The van der Waals surface area contributed by atoms with Gasteiger partial charge in [0.1, 0.15) is 5.75 Å². The monoisotopic (exact) mass is 268 g/mol. The minimum Gasteiger partial charge on any atom is -0.492 e. The Balaban J connectivity index is 1.72. The van der Waals surface area contributed by atoms with Gasteiger partial charge < -0.3 is 15.7 Å². The van der Waals surface area contributed by atoms with Crippen LogP contribution in [0.5, 0.6) is 5.75 Å². The van der Waals surface area contributed by atoms with E-state index in [4.69, 9.17) is 15.7 Å². The SMILES string of the molecule is NC(=NO)c1ccccc1OCC1Cc2ccccc21. The van der Waals surface area contributed by atoms with E-state index in [2.05, 4.69) is 29.4 Å². The summed E-state index contributed by atoms with van der Waals surface area (Å²) in [6.45, 7) is 0.604. The molecule has 2 aromatic carbocycles. The van der Waals surface area contributed by atoms with Crippen LogP contribution >= 0.6 is 0 Å². The lowest BCUT2D eigenvalue weighted by Crippen LogP contribution is -2.24. The highest BCUT2D eigenvalue weighted by Crippen LogP contribution is 2.35. The first-order chi connectivity index (χ1) is 9.79. The van der Waals surface area contributed by atoms with Gasteiger partial charge in [0.2, 0.25) is 0 Å². The number of ether oxygens (including phenoxy) is 1. The predicted octanol–water partition coefficient (Wildman–Crippen LogP) is 2.50. The van der Waals surface area contributed by atoms with E-state index in [9.17, 15) is 0 Å². The lowest BCUT2D eigenvalue weighted by Gasteiger charge is -2.30. The van der Waals surface area contributed by atoms with Gasteiger partial charge in [0, 0.05) is 5.92 Å². The van der Waals surface area contributed by atoms with Crippen molar-refractivity contribution in [1.82, 2.24) is 0 Å². The van der Waals surface area contributed by atoms with Crippen molar-refractivity contribution in [3.05, 3.63) is 65.2 Å². The summed E-state index contributed by atoms with van der Waals surface area (Å²) in [7, 11) is 0. The van der Waals surface area contributed by atoms with Crippen LogP contribution in [-0.2, 0) is 6.42 Å². The molecule has 0 bridgehead atoms. The van der Waals surface area contributed by atoms with E-state index in [1.807, 2.05) is 18.2 Å². The molecule has 0 aromatic heterocycles. The summed E-state index contributed by atoms with van der Waals surface area (Å²) in [5.41, 5.74) is 9.01. The molecule has 4 nitrogen and oxygen atoms in total. The normalized spacial score (nSPS) is 17.2. The van der Waals surface area contributed by atoms with Crippen LogP contribution < -0.4 is 10.5 Å². The maximum absolute atomic E-state index is 8.78. The van der Waals surface area contributed by atoms with Gasteiger partial charge in [-0.2, -0.15) is 0 Å². The fourth-order valence-corrected chi connectivity index (χ4v) is 2.56. The quantitative estimate of drug-likeness (QED) is 0.387. The molecule has 1 unspecified atom stereocenters. The second kappa shape index (κ2) is 5.25. The Kier molecular flexibility index (Phi) is 3.29. The maximum Gasteiger partial charge on any atom is 0.173 e. The zero-order chi connectivity index (χ0) is 13.9. The van der Waals surface area contributed by atoms with Gasteiger partial charge in [0.25, 0.3) is 0 Å². The number of benzene rings is 2. The molecule has 0 amide bonds. The molecule has 0 spiro atoms. The Bertz CT molecular complexity index is 652. The lowest BCUT2D eigenvalue weighted by molar-refractivity contribution is 0.274. The molecule has 0 heterocycles. The zero-order valence-corrected chi connectivity index (χ0v) is 11.0. The summed E-state index contributed by atoms with van der Waals surface area (Å²) in [6, 6.07) is 15.7. The summed E-state index contributed by atoms with van der Waals surface area (Å²) in [4.78, 5) is 0. The van der Waals surface area contributed by atoms with Crippen LogP contribution in [0.3, 0.4) is 0 Å². The minimum absolute atomic E-state index is 0.0645. The molecule has 4 heteroatoms. The Morgan fingerprint density at radius 2 is 1.95 bits per heavy atom. The third-order valence-corrected chi connectivity index (χ3v) is 3.67. The average molecular weight is 268 g/mol. The fraction of sp³-hybridized carbons (Fsp3) is 0.188. The largest absolute Gasteiger partial charge is 0.492 e. The van der Waals surface area contributed by atoms with Crippen LogP contribution in [0, 0.1) is 0 Å². The van der Waals surface area contributed by atoms with Gasteiger partial charge in [-0.3, -0.25) is 0 Å². The second-order valence-electron chi connectivity index (χ2n) is 4.89. The van der Waals surface area contributed by atoms with Crippen molar-refractivity contribution < 1.29 is 9.94 Å². The minimum atomic E-state index is 0.0645. The molecule has 20 heavy (non-hydrogen) atoms. The van der Waals surface area contributed by atoms with Crippen LogP contribution in [0.4, 0.5) is 0 Å². The van der Waals surface area contributed by atoms with Crippen molar-refractivity contribution in [3.63, 3.8) is 0 Å². The smallest absolute Gasteiger partial charge is 0.173 e. The third-order valence-electron chi connectivity index (χ3n) is 3.67. The van der Waals surface area contributed by atoms with Crippen LogP contribution in [0.25, 0.3) is 0 Å². The van der Waals surface area contributed by atoms with Crippen molar-refractivity contribution in [1.29, 1.82) is 0 Å². The number of para-hydroxylation sites is 1. The van der Waals surface area contributed by atoms with Gasteiger partial charge in [-0.05, 0) is 29.7 Å². The number of amidine groups is 1. The van der Waals surface area contributed by atoms with Gasteiger partial charge in [-0.25, -0.2) is 0 Å². The van der Waals surface area contributed by atoms with E-state index in [1.54, 1.807) is 6.07 Å². The van der Waals surface area contributed by atoms with Crippen LogP contribution in [0.15, 0.2) is 53.7 Å². The fourth-order valence-electron chi connectivity index (χ4n) is 2.56.